The molecule has 0 N–H and O–H groups in total. The first kappa shape index (κ1) is 22.1. The lowest BCUT2D eigenvalue weighted by atomic mass is 9.79. The molecular weight excluding hydrogens is 366 g/mol. The highest BCUT2D eigenvalue weighted by Crippen LogP contribution is 2.30. The molecule has 3 nitrogen and oxygen atoms in total. The molecule has 3 heterocycles. The maximum atomic E-state index is 4.81. The number of rotatable bonds is 6. The average Bonchev–Trinajstić information content (AvgIpc) is 2.68. The van der Waals surface area contributed by atoms with Crippen molar-refractivity contribution in [3.63, 3.8) is 0 Å². The third-order valence-corrected chi connectivity index (χ3v) is 5.93. The van der Waals surface area contributed by atoms with Gasteiger partial charge in [-0.1, -0.05) is 60.6 Å². The number of hydrogen-bond acceptors (Lipinski definition) is 3. The van der Waals surface area contributed by atoms with Gasteiger partial charge in [-0.25, -0.2) is 0 Å². The summed E-state index contributed by atoms with van der Waals surface area (Å²) in [7, 11) is 0. The lowest BCUT2D eigenvalue weighted by Crippen LogP contribution is -2.23. The second kappa shape index (κ2) is 8.29. The lowest BCUT2D eigenvalue weighted by molar-refractivity contribution is 0.506. The Kier molecular flexibility index (Phi) is 6.12. The van der Waals surface area contributed by atoms with Crippen LogP contribution in [0.25, 0.3) is 0 Å². The summed E-state index contributed by atoms with van der Waals surface area (Å²) in [5, 5.41) is 0. The van der Waals surface area contributed by atoms with Gasteiger partial charge < -0.3 is 0 Å². The Morgan fingerprint density at radius 3 is 1.83 bits per heavy atom. The van der Waals surface area contributed by atoms with E-state index in [1.165, 1.54) is 16.7 Å². The van der Waals surface area contributed by atoms with Gasteiger partial charge in [0, 0.05) is 41.6 Å². The van der Waals surface area contributed by atoms with Gasteiger partial charge in [0.25, 0.3) is 0 Å². The van der Waals surface area contributed by atoms with E-state index in [-0.39, 0.29) is 16.2 Å². The summed E-state index contributed by atoms with van der Waals surface area (Å²) < 4.78 is 0. The van der Waals surface area contributed by atoms with E-state index in [2.05, 4.69) is 96.0 Å². The zero-order chi connectivity index (χ0) is 22.0. The monoisotopic (exact) mass is 401 g/mol. The fourth-order valence-corrected chi connectivity index (χ4v) is 3.87. The topological polar surface area (TPSA) is 38.7 Å². The van der Waals surface area contributed by atoms with E-state index in [1.54, 1.807) is 0 Å². The first-order chi connectivity index (χ1) is 14.0. The van der Waals surface area contributed by atoms with E-state index < -0.39 is 0 Å². The van der Waals surface area contributed by atoms with Gasteiger partial charge in [0.05, 0.1) is 0 Å². The van der Waals surface area contributed by atoms with E-state index in [0.29, 0.717) is 0 Å². The molecule has 0 unspecified atom stereocenters. The van der Waals surface area contributed by atoms with Crippen LogP contribution in [0.15, 0.2) is 61.2 Å². The molecule has 158 valence electrons. The van der Waals surface area contributed by atoms with Crippen molar-refractivity contribution in [1.29, 1.82) is 0 Å². The van der Waals surface area contributed by atoms with Crippen LogP contribution < -0.4 is 0 Å². The van der Waals surface area contributed by atoms with Crippen molar-refractivity contribution < 1.29 is 0 Å². The van der Waals surface area contributed by atoms with Crippen molar-refractivity contribution in [2.24, 2.45) is 0 Å². The zero-order valence-corrected chi connectivity index (χ0v) is 19.5. The molecule has 0 radical (unpaired) electrons. The van der Waals surface area contributed by atoms with Crippen LogP contribution in [-0.2, 0) is 29.1 Å². The molecule has 0 aromatic carbocycles. The molecule has 3 aromatic heterocycles. The number of hydrogen-bond donors (Lipinski definition) is 0. The van der Waals surface area contributed by atoms with Gasteiger partial charge >= 0.3 is 0 Å². The van der Waals surface area contributed by atoms with Crippen LogP contribution in [0.5, 0.6) is 0 Å². The highest BCUT2D eigenvalue weighted by Gasteiger charge is 2.25. The Hall–Kier alpha value is -2.55. The van der Waals surface area contributed by atoms with Crippen LogP contribution in [-0.4, -0.2) is 15.0 Å². The third kappa shape index (κ3) is 5.33. The van der Waals surface area contributed by atoms with Gasteiger partial charge in [-0.3, -0.25) is 15.0 Å². The van der Waals surface area contributed by atoms with Crippen LogP contribution in [0.1, 0.15) is 76.5 Å². The first-order valence-electron chi connectivity index (χ1n) is 10.8. The fourth-order valence-electron chi connectivity index (χ4n) is 3.87. The maximum Gasteiger partial charge on any atom is 0.0457 e. The van der Waals surface area contributed by atoms with Crippen molar-refractivity contribution in [1.82, 2.24) is 15.0 Å². The summed E-state index contributed by atoms with van der Waals surface area (Å²) in [6, 6.07) is 13.0. The van der Waals surface area contributed by atoms with Crippen molar-refractivity contribution in [2.45, 2.75) is 77.6 Å². The number of pyridine rings is 3. The highest BCUT2D eigenvalue weighted by atomic mass is 14.7. The van der Waals surface area contributed by atoms with Gasteiger partial charge in [0.2, 0.25) is 0 Å². The minimum Gasteiger partial charge on any atom is -0.265 e. The normalized spacial score (nSPS) is 12.8. The van der Waals surface area contributed by atoms with E-state index in [9.17, 15) is 0 Å². The molecule has 0 saturated carbocycles. The molecule has 0 aliphatic heterocycles. The minimum absolute atomic E-state index is 0.00290. The van der Waals surface area contributed by atoms with Crippen LogP contribution in [0.3, 0.4) is 0 Å². The largest absolute Gasteiger partial charge is 0.265 e. The number of aromatic nitrogens is 3. The molecule has 0 amide bonds. The van der Waals surface area contributed by atoms with Crippen LogP contribution >= 0.6 is 0 Å². The Balaban J connectivity index is 1.71. The Bertz CT molecular complexity index is 948. The smallest absolute Gasteiger partial charge is 0.0457 e. The molecule has 0 aliphatic rings. The fraction of sp³-hybridized carbons (Fsp3) is 0.444. The predicted molar refractivity (Wildman–Crippen MR) is 125 cm³/mol. The van der Waals surface area contributed by atoms with Crippen molar-refractivity contribution in [3.8, 4) is 0 Å². The van der Waals surface area contributed by atoms with E-state index in [0.717, 1.165) is 24.2 Å². The summed E-state index contributed by atoms with van der Waals surface area (Å²) >= 11 is 0. The standard InChI is InChI=1S/C27H35N3/c1-25(2,3)24-11-8-20(18-30-24)16-26(4,5)22-9-10-23(29-19-22)17-27(6,7)21-12-14-28-15-13-21/h8-15,18-19H,16-17H2,1-7H3. The molecule has 3 heteroatoms. The molecule has 0 saturated heterocycles. The molecule has 3 rings (SSSR count). The Morgan fingerprint density at radius 1 is 0.633 bits per heavy atom. The molecule has 30 heavy (non-hydrogen) atoms. The lowest BCUT2D eigenvalue weighted by Gasteiger charge is -2.27. The summed E-state index contributed by atoms with van der Waals surface area (Å²) in [4.78, 5) is 13.6. The van der Waals surface area contributed by atoms with Gasteiger partial charge in [-0.15, -0.1) is 0 Å². The van der Waals surface area contributed by atoms with Gasteiger partial charge in [-0.05, 0) is 64.6 Å². The first-order valence-corrected chi connectivity index (χ1v) is 10.8. The van der Waals surface area contributed by atoms with Crippen molar-refractivity contribution in [2.75, 3.05) is 0 Å². The number of nitrogens with zero attached hydrogens (tertiary/aromatic N) is 3. The molecule has 3 aromatic rings. The quantitative estimate of drug-likeness (QED) is 0.493. The van der Waals surface area contributed by atoms with Gasteiger partial charge in [0.1, 0.15) is 0 Å². The van der Waals surface area contributed by atoms with Crippen molar-refractivity contribution >= 4 is 0 Å². The second-order valence-electron chi connectivity index (χ2n) is 10.7. The summed E-state index contributed by atoms with van der Waals surface area (Å²) in [6.07, 6.45) is 9.64. The van der Waals surface area contributed by atoms with Crippen molar-refractivity contribution in [3.05, 3.63) is 89.3 Å². The average molecular weight is 402 g/mol. The Morgan fingerprint density at radius 2 is 1.30 bits per heavy atom. The third-order valence-electron chi connectivity index (χ3n) is 5.93. The molecule has 0 spiro atoms. The highest BCUT2D eigenvalue weighted by molar-refractivity contribution is 5.29. The predicted octanol–water partition coefficient (Wildman–Crippen LogP) is 6.21. The van der Waals surface area contributed by atoms with E-state index >= 15 is 0 Å². The van der Waals surface area contributed by atoms with Gasteiger partial charge in [0.15, 0.2) is 0 Å². The van der Waals surface area contributed by atoms with Crippen LogP contribution in [0.2, 0.25) is 0 Å². The van der Waals surface area contributed by atoms with E-state index in [1.807, 2.05) is 18.6 Å². The SMILES string of the molecule is CC(C)(C)c1ccc(CC(C)(C)c2ccc(CC(C)(C)c3ccncc3)nc2)cn1. The molecular formula is C27H35N3. The molecule has 0 aliphatic carbocycles. The zero-order valence-electron chi connectivity index (χ0n) is 19.5. The van der Waals surface area contributed by atoms with Crippen LogP contribution in [0.4, 0.5) is 0 Å². The summed E-state index contributed by atoms with van der Waals surface area (Å²) in [6.45, 7) is 15.7. The summed E-state index contributed by atoms with van der Waals surface area (Å²) in [5.74, 6) is 0. The van der Waals surface area contributed by atoms with E-state index in [4.69, 9.17) is 9.97 Å². The van der Waals surface area contributed by atoms with Crippen LogP contribution in [0, 0.1) is 0 Å². The molecule has 0 atom stereocenters. The van der Waals surface area contributed by atoms with Gasteiger partial charge in [-0.2, -0.15) is 0 Å². The molecule has 0 fully saturated rings. The Labute approximate surface area is 182 Å². The second-order valence-corrected chi connectivity index (χ2v) is 10.7. The summed E-state index contributed by atoms with van der Waals surface area (Å²) in [5.41, 5.74) is 6.15. The molecule has 0 bridgehead atoms. The minimum atomic E-state index is -0.00290. The maximum absolute atomic E-state index is 4.81.